The van der Waals surface area contributed by atoms with Crippen LogP contribution in [0.15, 0.2) is 12.1 Å². The van der Waals surface area contributed by atoms with E-state index >= 15 is 0 Å². The topological polar surface area (TPSA) is 78.9 Å². The standard InChI is InChI=1S/C15H19BO6/c1-4-5-6-21-15(19)11-7-10(14(18)20-3)8-12(16)13(11)22-9(2)17/h7-8H,4-6,16H2,1-3H3. The molecule has 1 aromatic carbocycles. The predicted octanol–water partition coefficient (Wildman–Crippen LogP) is 0.614. The van der Waals surface area contributed by atoms with Gasteiger partial charge in [-0.1, -0.05) is 19.4 Å². The molecule has 1 rings (SSSR count). The highest BCUT2D eigenvalue weighted by molar-refractivity contribution is 6.35. The minimum atomic E-state index is -0.640. The Labute approximate surface area is 130 Å². The second kappa shape index (κ2) is 8.21. The zero-order valence-corrected chi connectivity index (χ0v) is 13.2. The molecule has 7 heteroatoms. The zero-order valence-electron chi connectivity index (χ0n) is 13.2. The van der Waals surface area contributed by atoms with Crippen LogP contribution in [-0.2, 0) is 14.3 Å². The summed E-state index contributed by atoms with van der Waals surface area (Å²) in [5.74, 6) is -1.68. The second-order valence-electron chi connectivity index (χ2n) is 4.74. The van der Waals surface area contributed by atoms with Crippen molar-refractivity contribution in [1.29, 1.82) is 0 Å². The molecule has 0 saturated heterocycles. The van der Waals surface area contributed by atoms with Gasteiger partial charge in [-0.15, -0.1) is 0 Å². The average Bonchev–Trinajstić information content (AvgIpc) is 2.47. The van der Waals surface area contributed by atoms with Crippen molar-refractivity contribution in [2.45, 2.75) is 26.7 Å². The van der Waals surface area contributed by atoms with Crippen molar-refractivity contribution in [2.75, 3.05) is 13.7 Å². The van der Waals surface area contributed by atoms with Gasteiger partial charge >= 0.3 is 17.9 Å². The molecule has 0 heterocycles. The molecule has 0 bridgehead atoms. The lowest BCUT2D eigenvalue weighted by molar-refractivity contribution is -0.131. The molecule has 0 aromatic heterocycles. The molecule has 0 aliphatic rings. The number of ether oxygens (including phenoxy) is 3. The van der Waals surface area contributed by atoms with Gasteiger partial charge in [-0.05, 0) is 17.9 Å². The Kier molecular flexibility index (Phi) is 6.63. The summed E-state index contributed by atoms with van der Waals surface area (Å²) in [6.07, 6.45) is 1.61. The second-order valence-corrected chi connectivity index (χ2v) is 4.74. The summed E-state index contributed by atoms with van der Waals surface area (Å²) in [5.41, 5.74) is 0.700. The first-order valence-corrected chi connectivity index (χ1v) is 6.99. The van der Waals surface area contributed by atoms with Crippen molar-refractivity contribution in [3.05, 3.63) is 23.3 Å². The van der Waals surface area contributed by atoms with Gasteiger partial charge in [0.1, 0.15) is 19.2 Å². The highest BCUT2D eigenvalue weighted by Crippen LogP contribution is 2.20. The van der Waals surface area contributed by atoms with Crippen molar-refractivity contribution < 1.29 is 28.6 Å². The van der Waals surface area contributed by atoms with Crippen molar-refractivity contribution in [3.8, 4) is 5.75 Å². The van der Waals surface area contributed by atoms with Gasteiger partial charge in [0.05, 0.1) is 19.3 Å². The van der Waals surface area contributed by atoms with Gasteiger partial charge in [-0.25, -0.2) is 9.59 Å². The number of benzene rings is 1. The molecule has 0 unspecified atom stereocenters. The number of hydrogen-bond acceptors (Lipinski definition) is 6. The molecule has 0 atom stereocenters. The van der Waals surface area contributed by atoms with Crippen LogP contribution in [0.5, 0.6) is 5.75 Å². The molecule has 118 valence electrons. The van der Waals surface area contributed by atoms with Crippen LogP contribution >= 0.6 is 0 Å². The number of rotatable bonds is 6. The van der Waals surface area contributed by atoms with Crippen molar-refractivity contribution in [1.82, 2.24) is 0 Å². The van der Waals surface area contributed by atoms with E-state index in [0.717, 1.165) is 12.8 Å². The number of esters is 3. The third-order valence-corrected chi connectivity index (χ3v) is 2.89. The van der Waals surface area contributed by atoms with E-state index in [0.29, 0.717) is 5.46 Å². The maximum absolute atomic E-state index is 12.2. The van der Waals surface area contributed by atoms with Crippen LogP contribution in [0.3, 0.4) is 0 Å². The molecular formula is C15H19BO6. The number of unbranched alkanes of at least 4 members (excludes halogenated alkanes) is 1. The summed E-state index contributed by atoms with van der Waals surface area (Å²) >= 11 is 0. The van der Waals surface area contributed by atoms with Gasteiger partial charge < -0.3 is 14.2 Å². The Morgan fingerprint density at radius 2 is 1.86 bits per heavy atom. The minimum absolute atomic E-state index is 0.0340. The molecule has 0 spiro atoms. The Balaban J connectivity index is 3.22. The van der Waals surface area contributed by atoms with E-state index in [2.05, 4.69) is 4.74 Å². The van der Waals surface area contributed by atoms with E-state index in [-0.39, 0.29) is 23.5 Å². The zero-order chi connectivity index (χ0) is 16.7. The third kappa shape index (κ3) is 4.61. The van der Waals surface area contributed by atoms with E-state index in [9.17, 15) is 14.4 Å². The molecule has 0 fully saturated rings. The predicted molar refractivity (Wildman–Crippen MR) is 82.5 cm³/mol. The van der Waals surface area contributed by atoms with Gasteiger partial charge in [0.25, 0.3) is 0 Å². The fourth-order valence-corrected chi connectivity index (χ4v) is 1.83. The summed E-state index contributed by atoms with van der Waals surface area (Å²) < 4.78 is 14.9. The van der Waals surface area contributed by atoms with Gasteiger partial charge in [0.15, 0.2) is 0 Å². The summed E-state index contributed by atoms with van der Waals surface area (Å²) in [4.78, 5) is 35.0. The van der Waals surface area contributed by atoms with Gasteiger partial charge in [-0.3, -0.25) is 4.79 Å². The summed E-state index contributed by atoms with van der Waals surface area (Å²) in [5, 5.41) is 0. The van der Waals surface area contributed by atoms with Crippen molar-refractivity contribution >= 4 is 31.2 Å². The molecule has 0 aliphatic heterocycles. The lowest BCUT2D eigenvalue weighted by Gasteiger charge is -2.13. The SMILES string of the molecule is Bc1cc(C(=O)OC)cc(C(=O)OCCCC)c1OC(C)=O. The van der Waals surface area contributed by atoms with Gasteiger partial charge in [0.2, 0.25) is 0 Å². The molecule has 6 nitrogen and oxygen atoms in total. The van der Waals surface area contributed by atoms with Crippen LogP contribution in [0.25, 0.3) is 0 Å². The van der Waals surface area contributed by atoms with Crippen LogP contribution in [0, 0.1) is 0 Å². The quantitative estimate of drug-likeness (QED) is 0.332. The molecule has 0 amide bonds. The molecule has 0 radical (unpaired) electrons. The fourth-order valence-electron chi connectivity index (χ4n) is 1.83. The highest BCUT2D eigenvalue weighted by atomic mass is 16.5. The summed E-state index contributed by atoms with van der Waals surface area (Å²) in [7, 11) is 2.88. The molecule has 22 heavy (non-hydrogen) atoms. The number of hydrogen-bond donors (Lipinski definition) is 0. The first-order valence-electron chi connectivity index (χ1n) is 6.99. The summed E-state index contributed by atoms with van der Waals surface area (Å²) in [6.45, 7) is 3.47. The molecule has 0 N–H and O–H groups in total. The minimum Gasteiger partial charge on any atom is -0.465 e. The smallest absolute Gasteiger partial charge is 0.341 e. The van der Waals surface area contributed by atoms with E-state index < -0.39 is 17.9 Å². The molecule has 0 saturated carbocycles. The van der Waals surface area contributed by atoms with Crippen LogP contribution < -0.4 is 10.2 Å². The first kappa shape index (κ1) is 17.7. The largest absolute Gasteiger partial charge is 0.465 e. The van der Waals surface area contributed by atoms with Gasteiger partial charge in [0, 0.05) is 6.92 Å². The van der Waals surface area contributed by atoms with E-state index in [1.807, 2.05) is 6.92 Å². The highest BCUT2D eigenvalue weighted by Gasteiger charge is 2.21. The van der Waals surface area contributed by atoms with Crippen LogP contribution in [0.2, 0.25) is 0 Å². The third-order valence-electron chi connectivity index (χ3n) is 2.89. The Bertz CT molecular complexity index is 582. The van der Waals surface area contributed by atoms with Crippen molar-refractivity contribution in [2.24, 2.45) is 0 Å². The first-order chi connectivity index (χ1) is 10.4. The maximum atomic E-state index is 12.2. The number of carbonyl (C=O) groups is 3. The fraction of sp³-hybridized carbons (Fsp3) is 0.400. The lowest BCUT2D eigenvalue weighted by Crippen LogP contribution is -2.21. The summed E-state index contributed by atoms with van der Waals surface area (Å²) in [6, 6.07) is 2.80. The van der Waals surface area contributed by atoms with E-state index in [1.165, 1.54) is 26.2 Å². The van der Waals surface area contributed by atoms with E-state index in [4.69, 9.17) is 9.47 Å². The van der Waals surface area contributed by atoms with Crippen LogP contribution in [-0.4, -0.2) is 39.5 Å². The Hall–Kier alpha value is -2.31. The van der Waals surface area contributed by atoms with Gasteiger partial charge in [-0.2, -0.15) is 0 Å². The Morgan fingerprint density at radius 1 is 1.18 bits per heavy atom. The molecule has 1 aromatic rings. The number of carbonyl (C=O) groups excluding carboxylic acids is 3. The lowest BCUT2D eigenvalue weighted by atomic mass is 9.90. The molecule has 0 aliphatic carbocycles. The maximum Gasteiger partial charge on any atom is 0.341 e. The van der Waals surface area contributed by atoms with Crippen molar-refractivity contribution in [3.63, 3.8) is 0 Å². The van der Waals surface area contributed by atoms with Crippen LogP contribution in [0.4, 0.5) is 0 Å². The average molecular weight is 306 g/mol. The Morgan fingerprint density at radius 3 is 2.41 bits per heavy atom. The normalized spacial score (nSPS) is 9.95. The monoisotopic (exact) mass is 306 g/mol. The number of methoxy groups -OCH3 is 1. The van der Waals surface area contributed by atoms with Crippen LogP contribution in [0.1, 0.15) is 47.4 Å². The van der Waals surface area contributed by atoms with E-state index in [1.54, 1.807) is 7.85 Å². The molecular weight excluding hydrogens is 287 g/mol.